The van der Waals surface area contributed by atoms with Gasteiger partial charge in [0.2, 0.25) is 5.91 Å². The third-order valence-corrected chi connectivity index (χ3v) is 8.96. The number of para-hydroxylation sites is 1. The van der Waals surface area contributed by atoms with Gasteiger partial charge in [-0.25, -0.2) is 0 Å². The number of nitrogens with two attached hydrogens (primary N) is 1. The summed E-state index contributed by atoms with van der Waals surface area (Å²) in [5.74, 6) is 0.587. The molecule has 2 fully saturated rings. The van der Waals surface area contributed by atoms with Crippen molar-refractivity contribution in [3.8, 4) is 11.5 Å². The minimum atomic E-state index is -0.822. The van der Waals surface area contributed by atoms with Crippen LogP contribution in [0.5, 0.6) is 11.5 Å². The van der Waals surface area contributed by atoms with Crippen molar-refractivity contribution >= 4 is 23.2 Å². The van der Waals surface area contributed by atoms with Crippen molar-refractivity contribution < 1.29 is 19.1 Å². The molecular formula is C33H43N5O4. The van der Waals surface area contributed by atoms with Crippen LogP contribution in [-0.4, -0.2) is 69.6 Å². The number of benzene rings is 2. The van der Waals surface area contributed by atoms with Crippen LogP contribution in [0, 0.1) is 11.3 Å². The Morgan fingerprint density at radius 1 is 1.07 bits per heavy atom. The van der Waals surface area contributed by atoms with E-state index in [1.54, 1.807) is 31.0 Å². The molecule has 5 rings (SSSR count). The lowest BCUT2D eigenvalue weighted by molar-refractivity contribution is -0.129. The molecule has 0 bridgehead atoms. The Bertz CT molecular complexity index is 1310. The maximum absolute atomic E-state index is 13.5. The molecule has 0 aliphatic carbocycles. The number of nitrogens with zero attached hydrogens (tertiary/aromatic N) is 3. The standard InChI is InChI=1S/C33H43N5O4/c1-24(21-27(11-16-34)42-26-7-5-4-6-8-26)31(39)35-28-23-41-30-10-9-25(22-29(30)37(3)32(28)40)38-19-14-33(15-20-38)12-17-36(2)18-13-33/h4-11,16,21-22,24,28H,12-15,17-20,23,34H2,1-3H3,(H,35,39)/b16-11-,27-21+/t24?,28-/m0/s1. The monoisotopic (exact) mass is 573 g/mol. The Morgan fingerprint density at radius 2 is 1.76 bits per heavy atom. The van der Waals surface area contributed by atoms with E-state index >= 15 is 0 Å². The number of allylic oxidation sites excluding steroid dienone is 1. The van der Waals surface area contributed by atoms with Crippen LogP contribution in [-0.2, 0) is 9.59 Å². The molecule has 9 heteroatoms. The first-order valence-electron chi connectivity index (χ1n) is 14.9. The van der Waals surface area contributed by atoms with Crippen LogP contribution in [0.4, 0.5) is 11.4 Å². The highest BCUT2D eigenvalue weighted by atomic mass is 16.5. The number of carbonyl (C=O) groups is 2. The molecule has 2 amide bonds. The second-order valence-corrected chi connectivity index (χ2v) is 11.8. The number of likely N-dealkylation sites (tertiary alicyclic amines) is 1. The number of likely N-dealkylation sites (N-methyl/N-ethyl adjacent to an activating group) is 1. The predicted molar refractivity (Wildman–Crippen MR) is 166 cm³/mol. The van der Waals surface area contributed by atoms with Gasteiger partial charge in [0.25, 0.3) is 5.91 Å². The molecule has 0 aromatic heterocycles. The molecule has 0 radical (unpaired) electrons. The second-order valence-electron chi connectivity index (χ2n) is 11.8. The van der Waals surface area contributed by atoms with Gasteiger partial charge in [-0.1, -0.05) is 18.2 Å². The number of rotatable bonds is 7. The average Bonchev–Trinajstić information content (AvgIpc) is 3.11. The van der Waals surface area contributed by atoms with Crippen molar-refractivity contribution in [2.75, 3.05) is 56.7 Å². The van der Waals surface area contributed by atoms with Gasteiger partial charge in [-0.2, -0.15) is 0 Å². The van der Waals surface area contributed by atoms with Crippen molar-refractivity contribution in [1.82, 2.24) is 10.2 Å². The van der Waals surface area contributed by atoms with Gasteiger partial charge in [-0.15, -0.1) is 0 Å². The smallest absolute Gasteiger partial charge is 0.252 e. The third kappa shape index (κ3) is 6.73. The molecule has 2 aromatic rings. The molecule has 2 aromatic carbocycles. The molecular weight excluding hydrogens is 530 g/mol. The van der Waals surface area contributed by atoms with Crippen LogP contribution in [0.25, 0.3) is 0 Å². The van der Waals surface area contributed by atoms with E-state index in [0.29, 0.717) is 28.4 Å². The predicted octanol–water partition coefficient (Wildman–Crippen LogP) is 3.91. The summed E-state index contributed by atoms with van der Waals surface area (Å²) in [6, 6.07) is 14.5. The number of ether oxygens (including phenoxy) is 2. The highest BCUT2D eigenvalue weighted by Gasteiger charge is 2.37. The molecule has 1 unspecified atom stereocenters. The van der Waals surface area contributed by atoms with Crippen molar-refractivity contribution in [3.63, 3.8) is 0 Å². The summed E-state index contributed by atoms with van der Waals surface area (Å²) in [4.78, 5) is 33.1. The van der Waals surface area contributed by atoms with Gasteiger partial charge in [-0.3, -0.25) is 9.59 Å². The van der Waals surface area contributed by atoms with Gasteiger partial charge >= 0.3 is 0 Å². The maximum Gasteiger partial charge on any atom is 0.252 e. The Labute approximate surface area is 248 Å². The van der Waals surface area contributed by atoms with E-state index in [1.165, 1.54) is 45.0 Å². The van der Waals surface area contributed by atoms with Gasteiger partial charge in [0.1, 0.15) is 29.9 Å². The van der Waals surface area contributed by atoms with Crippen molar-refractivity contribution in [3.05, 3.63) is 72.6 Å². The van der Waals surface area contributed by atoms with Crippen LogP contribution < -0.4 is 30.3 Å². The van der Waals surface area contributed by atoms with Gasteiger partial charge in [0.05, 0.1) is 11.6 Å². The molecule has 2 atom stereocenters. The SMILES string of the molecule is CC(/C=C(\C=C/N)Oc1ccccc1)C(=O)N[C@H]1COc2ccc(N3CCC4(CCN(C)CC4)CC3)cc2N(C)C1=O. The van der Waals surface area contributed by atoms with E-state index in [1.807, 2.05) is 42.5 Å². The molecule has 42 heavy (non-hydrogen) atoms. The number of piperidine rings is 2. The molecule has 9 nitrogen and oxygen atoms in total. The van der Waals surface area contributed by atoms with E-state index in [0.717, 1.165) is 18.8 Å². The van der Waals surface area contributed by atoms with E-state index in [4.69, 9.17) is 15.2 Å². The molecule has 3 N–H and O–H groups in total. The van der Waals surface area contributed by atoms with E-state index < -0.39 is 12.0 Å². The lowest BCUT2D eigenvalue weighted by Gasteiger charge is -2.47. The van der Waals surface area contributed by atoms with Crippen LogP contribution in [0.15, 0.2) is 72.6 Å². The summed E-state index contributed by atoms with van der Waals surface area (Å²) in [6.45, 7) is 6.19. The first-order valence-corrected chi connectivity index (χ1v) is 14.9. The minimum Gasteiger partial charge on any atom is -0.489 e. The Morgan fingerprint density at radius 3 is 2.45 bits per heavy atom. The lowest BCUT2D eigenvalue weighted by atomic mass is 9.71. The normalized spacial score (nSPS) is 21.9. The van der Waals surface area contributed by atoms with E-state index in [2.05, 4.69) is 28.2 Å². The highest BCUT2D eigenvalue weighted by molar-refractivity contribution is 6.01. The average molecular weight is 574 g/mol. The van der Waals surface area contributed by atoms with E-state index in [9.17, 15) is 9.59 Å². The zero-order valence-electron chi connectivity index (χ0n) is 24.9. The molecule has 3 aliphatic rings. The van der Waals surface area contributed by atoms with Crippen LogP contribution in [0.2, 0.25) is 0 Å². The Hall–Kier alpha value is -3.98. The number of hydrogen-bond donors (Lipinski definition) is 2. The number of amides is 2. The van der Waals surface area contributed by atoms with Crippen LogP contribution in [0.1, 0.15) is 32.6 Å². The molecule has 224 valence electrons. The Balaban J connectivity index is 1.22. The van der Waals surface area contributed by atoms with Gasteiger partial charge in [0, 0.05) is 25.8 Å². The fourth-order valence-corrected chi connectivity index (χ4v) is 6.09. The lowest BCUT2D eigenvalue weighted by Crippen LogP contribution is -2.50. The minimum absolute atomic E-state index is 0.0500. The zero-order chi connectivity index (χ0) is 29.7. The highest BCUT2D eigenvalue weighted by Crippen LogP contribution is 2.43. The van der Waals surface area contributed by atoms with Crippen molar-refractivity contribution in [2.45, 2.75) is 38.6 Å². The maximum atomic E-state index is 13.5. The van der Waals surface area contributed by atoms with Gasteiger partial charge < -0.3 is 35.2 Å². The summed E-state index contributed by atoms with van der Waals surface area (Å²) in [5.41, 5.74) is 7.88. The number of nitrogens with one attached hydrogen (secondary N) is 1. The number of anilines is 2. The summed E-state index contributed by atoms with van der Waals surface area (Å²) in [7, 11) is 3.95. The fourth-order valence-electron chi connectivity index (χ4n) is 6.09. The summed E-state index contributed by atoms with van der Waals surface area (Å²) in [6.07, 6.45) is 9.57. The van der Waals surface area contributed by atoms with Gasteiger partial charge in [0.15, 0.2) is 0 Å². The number of hydrogen-bond acceptors (Lipinski definition) is 7. The second kappa shape index (κ2) is 12.9. The first-order chi connectivity index (χ1) is 20.3. The Kier molecular flexibility index (Phi) is 9.06. The zero-order valence-corrected chi connectivity index (χ0v) is 24.9. The van der Waals surface area contributed by atoms with E-state index in [-0.39, 0.29) is 18.4 Å². The topological polar surface area (TPSA) is 100 Å². The molecule has 3 heterocycles. The summed E-state index contributed by atoms with van der Waals surface area (Å²) >= 11 is 0. The van der Waals surface area contributed by atoms with Crippen molar-refractivity contribution in [1.29, 1.82) is 0 Å². The third-order valence-electron chi connectivity index (χ3n) is 8.96. The molecule has 2 saturated heterocycles. The van der Waals surface area contributed by atoms with Crippen LogP contribution in [0.3, 0.4) is 0 Å². The molecule has 1 spiro atoms. The van der Waals surface area contributed by atoms with Crippen molar-refractivity contribution in [2.24, 2.45) is 17.1 Å². The number of carbonyl (C=O) groups excluding carboxylic acids is 2. The fraction of sp³-hybridized carbons (Fsp3) is 0.455. The number of fused-ring (bicyclic) bond motifs is 1. The summed E-state index contributed by atoms with van der Waals surface area (Å²) in [5, 5.41) is 2.87. The molecule has 3 aliphatic heterocycles. The van der Waals surface area contributed by atoms with Crippen LogP contribution >= 0.6 is 0 Å². The quantitative estimate of drug-likeness (QED) is 0.383. The first kappa shape index (κ1) is 29.5. The molecule has 0 saturated carbocycles. The summed E-state index contributed by atoms with van der Waals surface area (Å²) < 4.78 is 11.9. The largest absolute Gasteiger partial charge is 0.489 e. The van der Waals surface area contributed by atoms with Gasteiger partial charge in [-0.05, 0) is 107 Å².